The van der Waals surface area contributed by atoms with Crippen molar-refractivity contribution in [2.45, 2.75) is 0 Å². The van der Waals surface area contributed by atoms with Crippen LogP contribution in [0.5, 0.6) is 0 Å². The second-order valence-electron chi connectivity index (χ2n) is 3.03. The molecule has 82 valence electrons. The first kappa shape index (κ1) is 10.9. The predicted octanol–water partition coefficient (Wildman–Crippen LogP) is 2.77. The van der Waals surface area contributed by atoms with Crippen molar-refractivity contribution >= 4 is 21.9 Å². The van der Waals surface area contributed by atoms with Gasteiger partial charge in [-0.25, -0.2) is 18.7 Å². The summed E-state index contributed by atoms with van der Waals surface area (Å²) in [5.41, 5.74) is 5.23. The zero-order chi connectivity index (χ0) is 11.7. The summed E-state index contributed by atoms with van der Waals surface area (Å²) in [7, 11) is 0. The highest BCUT2D eigenvalue weighted by atomic mass is 79.9. The van der Waals surface area contributed by atoms with Gasteiger partial charge in [0, 0.05) is 5.56 Å². The van der Waals surface area contributed by atoms with Crippen molar-refractivity contribution in [1.29, 1.82) is 0 Å². The fraction of sp³-hybridized carbons (Fsp3) is 0. The smallest absolute Gasteiger partial charge is 0.220 e. The topological polar surface area (TPSA) is 51.8 Å². The fourth-order valence-corrected chi connectivity index (χ4v) is 1.62. The summed E-state index contributed by atoms with van der Waals surface area (Å²) in [5.74, 6) is -1.40. The van der Waals surface area contributed by atoms with E-state index in [1.807, 2.05) is 0 Å². The molecule has 0 spiro atoms. The van der Waals surface area contributed by atoms with Crippen LogP contribution < -0.4 is 5.73 Å². The van der Waals surface area contributed by atoms with Gasteiger partial charge in [-0.3, -0.25) is 0 Å². The third-order valence-corrected chi connectivity index (χ3v) is 2.58. The minimum atomic E-state index is -0.716. The molecule has 1 aromatic heterocycles. The Hall–Kier alpha value is -1.56. The SMILES string of the molecule is Nc1ncc(F)c(-c2cccc(Br)c2F)n1. The van der Waals surface area contributed by atoms with Gasteiger partial charge in [-0.1, -0.05) is 6.07 Å². The zero-order valence-electron chi connectivity index (χ0n) is 7.92. The molecular formula is C10H6BrF2N3. The maximum atomic E-state index is 13.7. The Morgan fingerprint density at radius 2 is 2.00 bits per heavy atom. The van der Waals surface area contributed by atoms with Crippen molar-refractivity contribution in [3.8, 4) is 11.3 Å². The van der Waals surface area contributed by atoms with E-state index in [1.54, 1.807) is 6.07 Å². The molecule has 2 rings (SSSR count). The molecule has 0 fully saturated rings. The Bertz CT molecular complexity index is 546. The molecule has 2 aromatic rings. The lowest BCUT2D eigenvalue weighted by atomic mass is 10.1. The van der Waals surface area contributed by atoms with E-state index in [-0.39, 0.29) is 21.7 Å². The number of hydrogen-bond acceptors (Lipinski definition) is 3. The van der Waals surface area contributed by atoms with E-state index >= 15 is 0 Å². The highest BCUT2D eigenvalue weighted by molar-refractivity contribution is 9.10. The van der Waals surface area contributed by atoms with Gasteiger partial charge in [-0.2, -0.15) is 0 Å². The molecule has 3 nitrogen and oxygen atoms in total. The maximum absolute atomic E-state index is 13.7. The van der Waals surface area contributed by atoms with Crippen LogP contribution in [-0.4, -0.2) is 9.97 Å². The summed E-state index contributed by atoms with van der Waals surface area (Å²) < 4.78 is 27.3. The van der Waals surface area contributed by atoms with Crippen LogP contribution in [0, 0.1) is 11.6 Å². The van der Waals surface area contributed by atoms with Crippen molar-refractivity contribution < 1.29 is 8.78 Å². The molecule has 0 aliphatic heterocycles. The van der Waals surface area contributed by atoms with Gasteiger partial charge in [0.15, 0.2) is 5.82 Å². The van der Waals surface area contributed by atoms with E-state index in [2.05, 4.69) is 25.9 Å². The van der Waals surface area contributed by atoms with E-state index in [0.717, 1.165) is 6.20 Å². The first-order valence-corrected chi connectivity index (χ1v) is 5.11. The molecule has 1 aromatic carbocycles. The molecular weight excluding hydrogens is 280 g/mol. The number of nitrogen functional groups attached to an aromatic ring is 1. The van der Waals surface area contributed by atoms with Crippen molar-refractivity contribution in [1.82, 2.24) is 9.97 Å². The number of nitrogens with two attached hydrogens (primary N) is 1. The molecule has 0 radical (unpaired) electrons. The number of anilines is 1. The Kier molecular flexibility index (Phi) is 2.82. The molecule has 0 aliphatic rings. The minimum absolute atomic E-state index is 0.0426. The molecule has 1 heterocycles. The molecule has 0 atom stereocenters. The predicted molar refractivity (Wildman–Crippen MR) is 59.5 cm³/mol. The van der Waals surface area contributed by atoms with Crippen molar-refractivity contribution in [3.63, 3.8) is 0 Å². The standard InChI is InChI=1S/C10H6BrF2N3/c11-6-3-1-2-5(8(6)13)9-7(12)4-15-10(14)16-9/h1-4H,(H2,14,15,16). The largest absolute Gasteiger partial charge is 0.368 e. The quantitative estimate of drug-likeness (QED) is 0.877. The summed E-state index contributed by atoms with van der Waals surface area (Å²) in [4.78, 5) is 7.15. The van der Waals surface area contributed by atoms with Crippen LogP contribution in [0.1, 0.15) is 0 Å². The second-order valence-corrected chi connectivity index (χ2v) is 3.88. The number of aromatic nitrogens is 2. The average Bonchev–Trinajstić information content (AvgIpc) is 2.26. The molecule has 0 aliphatic carbocycles. The molecule has 0 saturated carbocycles. The lowest BCUT2D eigenvalue weighted by Gasteiger charge is -2.05. The van der Waals surface area contributed by atoms with E-state index in [1.165, 1.54) is 12.1 Å². The van der Waals surface area contributed by atoms with Crippen LogP contribution in [0.2, 0.25) is 0 Å². The fourth-order valence-electron chi connectivity index (χ4n) is 1.26. The average molecular weight is 286 g/mol. The van der Waals surface area contributed by atoms with Crippen LogP contribution >= 0.6 is 15.9 Å². The highest BCUT2D eigenvalue weighted by Gasteiger charge is 2.14. The molecule has 0 saturated heterocycles. The van der Waals surface area contributed by atoms with Gasteiger partial charge in [0.25, 0.3) is 0 Å². The summed E-state index contributed by atoms with van der Waals surface area (Å²) >= 11 is 3.01. The first-order chi connectivity index (χ1) is 7.59. The van der Waals surface area contributed by atoms with Gasteiger partial charge in [0.1, 0.15) is 11.5 Å². The lowest BCUT2D eigenvalue weighted by molar-refractivity contribution is 0.604. The van der Waals surface area contributed by atoms with Crippen LogP contribution in [0.25, 0.3) is 11.3 Å². The van der Waals surface area contributed by atoms with Crippen molar-refractivity contribution in [3.05, 3.63) is 40.5 Å². The van der Waals surface area contributed by atoms with Gasteiger partial charge < -0.3 is 5.73 Å². The van der Waals surface area contributed by atoms with Crippen LogP contribution in [0.15, 0.2) is 28.9 Å². The highest BCUT2D eigenvalue weighted by Crippen LogP contribution is 2.28. The Morgan fingerprint density at radius 1 is 1.25 bits per heavy atom. The summed E-state index contributed by atoms with van der Waals surface area (Å²) in [5, 5.41) is 0. The van der Waals surface area contributed by atoms with E-state index < -0.39 is 11.6 Å². The first-order valence-electron chi connectivity index (χ1n) is 4.32. The molecule has 0 bridgehead atoms. The maximum Gasteiger partial charge on any atom is 0.220 e. The van der Waals surface area contributed by atoms with Crippen LogP contribution in [-0.2, 0) is 0 Å². The number of halogens is 3. The summed E-state index contributed by atoms with van der Waals surface area (Å²) in [6.45, 7) is 0. The van der Waals surface area contributed by atoms with Crippen molar-refractivity contribution in [2.24, 2.45) is 0 Å². The third kappa shape index (κ3) is 1.88. The van der Waals surface area contributed by atoms with E-state index in [0.29, 0.717) is 0 Å². The Balaban J connectivity index is 2.67. The summed E-state index contributed by atoms with van der Waals surface area (Å²) in [6, 6.07) is 4.52. The second kappa shape index (κ2) is 4.13. The van der Waals surface area contributed by atoms with Crippen molar-refractivity contribution in [2.75, 3.05) is 5.73 Å². The Morgan fingerprint density at radius 3 is 2.75 bits per heavy atom. The monoisotopic (exact) mass is 285 g/mol. The normalized spacial score (nSPS) is 10.4. The molecule has 2 N–H and O–H groups in total. The molecule has 6 heteroatoms. The number of benzene rings is 1. The molecule has 0 amide bonds. The minimum Gasteiger partial charge on any atom is -0.368 e. The Labute approximate surface area is 98.5 Å². The van der Waals surface area contributed by atoms with E-state index in [4.69, 9.17) is 5.73 Å². The van der Waals surface area contributed by atoms with Gasteiger partial charge in [-0.15, -0.1) is 0 Å². The van der Waals surface area contributed by atoms with Gasteiger partial charge >= 0.3 is 0 Å². The zero-order valence-corrected chi connectivity index (χ0v) is 9.50. The summed E-state index contributed by atoms with van der Waals surface area (Å²) in [6.07, 6.45) is 0.915. The number of nitrogens with zero attached hydrogens (tertiary/aromatic N) is 2. The van der Waals surface area contributed by atoms with Gasteiger partial charge in [-0.05, 0) is 28.1 Å². The van der Waals surface area contributed by atoms with Gasteiger partial charge in [0.2, 0.25) is 5.95 Å². The van der Waals surface area contributed by atoms with Crippen LogP contribution in [0.3, 0.4) is 0 Å². The number of rotatable bonds is 1. The van der Waals surface area contributed by atoms with Crippen LogP contribution in [0.4, 0.5) is 14.7 Å². The lowest BCUT2D eigenvalue weighted by Crippen LogP contribution is -2.00. The number of hydrogen-bond donors (Lipinski definition) is 1. The molecule has 16 heavy (non-hydrogen) atoms. The van der Waals surface area contributed by atoms with E-state index in [9.17, 15) is 8.78 Å². The van der Waals surface area contributed by atoms with Gasteiger partial charge in [0.05, 0.1) is 10.7 Å². The molecule has 0 unspecified atom stereocenters. The third-order valence-electron chi connectivity index (χ3n) is 1.97.